The molecule has 1 spiro atoms. The number of rotatable bonds is 4. The van der Waals surface area contributed by atoms with Gasteiger partial charge in [0, 0.05) is 25.4 Å². The minimum atomic E-state index is -0.00501. The Morgan fingerprint density at radius 3 is 2.64 bits per heavy atom. The zero-order valence-corrected chi connectivity index (χ0v) is 18.2. The Labute approximate surface area is 177 Å². The molecule has 1 aromatic heterocycles. The molecule has 0 radical (unpaired) electrons. The quantitative estimate of drug-likeness (QED) is 0.807. The van der Waals surface area contributed by atoms with Crippen LogP contribution in [0.4, 0.5) is 10.8 Å². The van der Waals surface area contributed by atoms with E-state index in [4.69, 9.17) is 4.98 Å². The van der Waals surface area contributed by atoms with Gasteiger partial charge in [-0.15, -0.1) is 23.7 Å². The lowest BCUT2D eigenvalue weighted by Crippen LogP contribution is -2.38. The Bertz CT molecular complexity index is 801. The molecule has 0 aliphatic carbocycles. The van der Waals surface area contributed by atoms with E-state index in [0.29, 0.717) is 5.41 Å². The van der Waals surface area contributed by atoms with Crippen LogP contribution in [0.2, 0.25) is 0 Å². The number of nitrogens with zero attached hydrogens (tertiary/aromatic N) is 3. The smallest absolute Gasteiger partial charge is 0.230 e. The fourth-order valence-corrected chi connectivity index (χ4v) is 5.23. The van der Waals surface area contributed by atoms with Gasteiger partial charge in [0.25, 0.3) is 0 Å². The van der Waals surface area contributed by atoms with Gasteiger partial charge in [-0.05, 0) is 63.4 Å². The molecule has 152 valence electrons. The molecule has 0 unspecified atom stereocenters. The molecule has 4 rings (SSSR count). The Kier molecular flexibility index (Phi) is 6.76. The van der Waals surface area contributed by atoms with Crippen molar-refractivity contribution in [3.05, 3.63) is 40.9 Å². The second-order valence-electron chi connectivity index (χ2n) is 8.02. The van der Waals surface area contributed by atoms with Crippen molar-refractivity contribution in [3.8, 4) is 0 Å². The van der Waals surface area contributed by atoms with Crippen molar-refractivity contribution in [2.45, 2.75) is 39.7 Å². The minimum absolute atomic E-state index is 0. The van der Waals surface area contributed by atoms with Crippen LogP contribution in [-0.2, 0) is 11.3 Å². The highest BCUT2D eigenvalue weighted by Gasteiger charge is 2.38. The Morgan fingerprint density at radius 1 is 1.25 bits per heavy atom. The highest BCUT2D eigenvalue weighted by Crippen LogP contribution is 2.39. The van der Waals surface area contributed by atoms with Gasteiger partial charge >= 0.3 is 0 Å². The Morgan fingerprint density at radius 2 is 1.96 bits per heavy atom. The summed E-state index contributed by atoms with van der Waals surface area (Å²) in [6.07, 6.45) is 3.88. The number of aryl methyl sites for hydroxylation is 1. The summed E-state index contributed by atoms with van der Waals surface area (Å²) >= 11 is 1.55. The van der Waals surface area contributed by atoms with E-state index in [1.54, 1.807) is 23.2 Å². The van der Waals surface area contributed by atoms with Crippen LogP contribution >= 0.6 is 23.7 Å². The molecule has 7 heteroatoms. The number of nitrogens with one attached hydrogen (secondary N) is 1. The van der Waals surface area contributed by atoms with E-state index in [0.717, 1.165) is 42.7 Å². The second-order valence-corrected chi connectivity index (χ2v) is 8.86. The summed E-state index contributed by atoms with van der Waals surface area (Å²) < 4.78 is 0. The van der Waals surface area contributed by atoms with Crippen LogP contribution < -0.4 is 10.2 Å². The molecule has 0 saturated carbocycles. The number of aromatic nitrogens is 1. The molecule has 2 aromatic rings. The fourth-order valence-electron chi connectivity index (χ4n) is 4.35. The van der Waals surface area contributed by atoms with E-state index < -0.39 is 0 Å². The maximum Gasteiger partial charge on any atom is 0.230 e. The first-order chi connectivity index (χ1) is 13.0. The maximum absolute atomic E-state index is 12.3. The average molecular weight is 421 g/mol. The van der Waals surface area contributed by atoms with Crippen LogP contribution in [0.15, 0.2) is 29.6 Å². The summed E-state index contributed by atoms with van der Waals surface area (Å²) in [5.74, 6) is -0.00501. The van der Waals surface area contributed by atoms with Crippen molar-refractivity contribution in [1.82, 2.24) is 15.2 Å². The third-order valence-corrected chi connectivity index (χ3v) is 6.78. The molecule has 2 aliphatic heterocycles. The molecule has 5 nitrogen and oxygen atoms in total. The van der Waals surface area contributed by atoms with Crippen molar-refractivity contribution in [1.29, 1.82) is 0 Å². The van der Waals surface area contributed by atoms with Crippen LogP contribution in [0.25, 0.3) is 0 Å². The Balaban J connectivity index is 0.00000225. The molecule has 2 saturated heterocycles. The summed E-state index contributed by atoms with van der Waals surface area (Å²) in [6, 6.07) is 8.03. The number of carbonyl (C=O) groups is 1. The number of benzene rings is 1. The summed E-state index contributed by atoms with van der Waals surface area (Å²) in [5, 5.41) is 6.34. The van der Waals surface area contributed by atoms with E-state index in [1.807, 2.05) is 24.3 Å². The monoisotopic (exact) mass is 420 g/mol. The maximum atomic E-state index is 12.3. The van der Waals surface area contributed by atoms with E-state index >= 15 is 0 Å². The van der Waals surface area contributed by atoms with Gasteiger partial charge in [0.1, 0.15) is 0 Å². The van der Waals surface area contributed by atoms with Crippen molar-refractivity contribution in [3.63, 3.8) is 0 Å². The normalized spacial score (nSPS) is 18.8. The van der Waals surface area contributed by atoms with Gasteiger partial charge in [0.05, 0.1) is 11.4 Å². The first-order valence-corrected chi connectivity index (χ1v) is 10.7. The molecular weight excluding hydrogens is 392 g/mol. The van der Waals surface area contributed by atoms with Crippen LogP contribution in [0.5, 0.6) is 0 Å². The number of likely N-dealkylation sites (tertiary alicyclic amines) is 1. The van der Waals surface area contributed by atoms with Crippen LogP contribution in [0.3, 0.4) is 0 Å². The van der Waals surface area contributed by atoms with E-state index in [9.17, 15) is 4.79 Å². The molecule has 1 N–H and O–H groups in total. The highest BCUT2D eigenvalue weighted by atomic mass is 35.5. The fraction of sp³-hybridized carbons (Fsp3) is 0.524. The number of halogens is 1. The molecular formula is C21H29ClN4OS. The SMILES string of the molecule is CC(=O)N(c1ccc(C)cc1)c1nc(CN2CCC3(CCNCC3)C2)cs1.Cl. The lowest BCUT2D eigenvalue weighted by Gasteiger charge is -2.33. The number of piperidine rings is 1. The van der Waals surface area contributed by atoms with Gasteiger partial charge in [-0.1, -0.05) is 17.7 Å². The number of carbonyl (C=O) groups excluding carboxylic acids is 1. The van der Waals surface area contributed by atoms with Gasteiger partial charge in [-0.3, -0.25) is 14.6 Å². The molecule has 0 bridgehead atoms. The molecule has 2 fully saturated rings. The molecule has 28 heavy (non-hydrogen) atoms. The first kappa shape index (κ1) is 21.2. The summed E-state index contributed by atoms with van der Waals surface area (Å²) in [4.78, 5) is 21.3. The van der Waals surface area contributed by atoms with Gasteiger partial charge in [0.2, 0.25) is 5.91 Å². The first-order valence-electron chi connectivity index (χ1n) is 9.80. The molecule has 1 aromatic carbocycles. The van der Waals surface area contributed by atoms with Crippen LogP contribution in [-0.4, -0.2) is 42.0 Å². The predicted molar refractivity (Wildman–Crippen MR) is 118 cm³/mol. The standard InChI is InChI=1S/C21H28N4OS.ClH/c1-16-3-5-19(6-4-16)25(17(2)26)20-23-18(14-27-20)13-24-12-9-21(15-24)7-10-22-11-8-21;/h3-6,14,22H,7-13,15H2,1-2H3;1H. The predicted octanol–water partition coefficient (Wildman–Crippen LogP) is 4.13. The second kappa shape index (κ2) is 8.91. The number of thiazole rings is 1. The lowest BCUT2D eigenvalue weighted by molar-refractivity contribution is -0.115. The van der Waals surface area contributed by atoms with Crippen molar-refractivity contribution >= 4 is 40.5 Å². The number of anilines is 2. The van der Waals surface area contributed by atoms with E-state index in [2.05, 4.69) is 22.5 Å². The average Bonchev–Trinajstić information content (AvgIpc) is 3.25. The number of amides is 1. The van der Waals surface area contributed by atoms with E-state index in [-0.39, 0.29) is 18.3 Å². The molecule has 0 atom stereocenters. The van der Waals surface area contributed by atoms with Gasteiger partial charge in [-0.25, -0.2) is 4.98 Å². The summed E-state index contributed by atoms with van der Waals surface area (Å²) in [6.45, 7) is 9.16. The highest BCUT2D eigenvalue weighted by molar-refractivity contribution is 7.14. The third-order valence-electron chi connectivity index (χ3n) is 5.91. The van der Waals surface area contributed by atoms with Gasteiger partial charge < -0.3 is 5.32 Å². The number of hydrogen-bond acceptors (Lipinski definition) is 5. The largest absolute Gasteiger partial charge is 0.317 e. The van der Waals surface area contributed by atoms with Crippen molar-refractivity contribution < 1.29 is 4.79 Å². The van der Waals surface area contributed by atoms with Gasteiger partial charge in [0.15, 0.2) is 5.13 Å². The van der Waals surface area contributed by atoms with Crippen molar-refractivity contribution in [2.24, 2.45) is 5.41 Å². The topological polar surface area (TPSA) is 48.5 Å². The summed E-state index contributed by atoms with van der Waals surface area (Å²) in [5.41, 5.74) is 3.64. The third kappa shape index (κ3) is 4.57. The molecule has 3 heterocycles. The number of hydrogen-bond donors (Lipinski definition) is 1. The summed E-state index contributed by atoms with van der Waals surface area (Å²) in [7, 11) is 0. The lowest BCUT2D eigenvalue weighted by atomic mass is 9.78. The zero-order chi connectivity index (χ0) is 18.9. The molecule has 1 amide bonds. The van der Waals surface area contributed by atoms with Crippen LogP contribution in [0, 0.1) is 12.3 Å². The zero-order valence-electron chi connectivity index (χ0n) is 16.6. The molecule has 2 aliphatic rings. The minimum Gasteiger partial charge on any atom is -0.317 e. The van der Waals surface area contributed by atoms with Crippen molar-refractivity contribution in [2.75, 3.05) is 31.1 Å². The van der Waals surface area contributed by atoms with E-state index in [1.165, 1.54) is 31.4 Å². The van der Waals surface area contributed by atoms with Gasteiger partial charge in [-0.2, -0.15) is 0 Å². The van der Waals surface area contributed by atoms with Crippen LogP contribution in [0.1, 0.15) is 37.4 Å². The Hall–Kier alpha value is -1.47.